The van der Waals surface area contributed by atoms with Crippen molar-refractivity contribution in [1.82, 2.24) is 5.32 Å². The monoisotopic (exact) mass is 253 g/mol. The van der Waals surface area contributed by atoms with Crippen molar-refractivity contribution in [1.29, 1.82) is 0 Å². The number of hydrogen-bond acceptors (Lipinski definition) is 1. The van der Waals surface area contributed by atoms with Crippen molar-refractivity contribution in [2.75, 3.05) is 0 Å². The molecule has 0 aliphatic rings. The van der Waals surface area contributed by atoms with Gasteiger partial charge >= 0.3 is 0 Å². The summed E-state index contributed by atoms with van der Waals surface area (Å²) in [6.45, 7) is 2.69. The van der Waals surface area contributed by atoms with Crippen LogP contribution in [-0.2, 0) is 11.3 Å². The van der Waals surface area contributed by atoms with Crippen molar-refractivity contribution in [2.45, 2.75) is 44.5 Å². The molecule has 1 atom stereocenters. The van der Waals surface area contributed by atoms with Crippen LogP contribution in [0.1, 0.15) is 38.2 Å². The Bertz CT molecular complexity index is 326. The number of alkyl halides is 1. The average Bonchev–Trinajstić information content (AvgIpc) is 2.37. The van der Waals surface area contributed by atoms with E-state index < -0.39 is 5.38 Å². The number of halogens is 1. The van der Waals surface area contributed by atoms with E-state index in [1.807, 2.05) is 30.3 Å². The Morgan fingerprint density at radius 1 is 1.29 bits per heavy atom. The number of benzene rings is 1. The molecule has 1 aromatic carbocycles. The average molecular weight is 254 g/mol. The highest BCUT2D eigenvalue weighted by Crippen LogP contribution is 2.09. The third-order valence-corrected chi connectivity index (χ3v) is 3.07. The Kier molecular flexibility index (Phi) is 6.71. The fraction of sp³-hybridized carbons (Fsp3) is 0.500. The van der Waals surface area contributed by atoms with Crippen LogP contribution in [0.25, 0.3) is 0 Å². The van der Waals surface area contributed by atoms with Crippen LogP contribution in [-0.4, -0.2) is 11.3 Å². The number of amides is 1. The van der Waals surface area contributed by atoms with E-state index >= 15 is 0 Å². The van der Waals surface area contributed by atoms with Gasteiger partial charge in [-0.3, -0.25) is 4.79 Å². The van der Waals surface area contributed by atoms with Gasteiger partial charge in [0.25, 0.3) is 0 Å². The summed E-state index contributed by atoms with van der Waals surface area (Å²) < 4.78 is 0. The van der Waals surface area contributed by atoms with Crippen LogP contribution in [0.3, 0.4) is 0 Å². The highest BCUT2D eigenvalue weighted by molar-refractivity contribution is 6.30. The van der Waals surface area contributed by atoms with Crippen molar-refractivity contribution in [3.8, 4) is 0 Å². The summed E-state index contributed by atoms with van der Waals surface area (Å²) in [5.74, 6) is -0.0633. The fourth-order valence-corrected chi connectivity index (χ4v) is 1.83. The van der Waals surface area contributed by atoms with Crippen molar-refractivity contribution in [2.24, 2.45) is 0 Å². The van der Waals surface area contributed by atoms with Gasteiger partial charge in [0.05, 0.1) is 0 Å². The van der Waals surface area contributed by atoms with E-state index in [0.29, 0.717) is 6.54 Å². The first-order valence-electron chi connectivity index (χ1n) is 6.19. The highest BCUT2D eigenvalue weighted by Gasteiger charge is 2.13. The van der Waals surface area contributed by atoms with Gasteiger partial charge in [0.2, 0.25) is 5.91 Å². The predicted octanol–water partition coefficient (Wildman–Crippen LogP) is 3.49. The molecular weight excluding hydrogens is 234 g/mol. The third-order valence-electron chi connectivity index (χ3n) is 2.66. The topological polar surface area (TPSA) is 29.1 Å². The largest absolute Gasteiger partial charge is 0.351 e. The molecule has 2 nitrogen and oxygen atoms in total. The van der Waals surface area contributed by atoms with E-state index in [9.17, 15) is 4.79 Å². The molecule has 94 valence electrons. The van der Waals surface area contributed by atoms with E-state index in [1.165, 1.54) is 0 Å². The SMILES string of the molecule is CCCCCC(Cl)C(=O)NCc1ccccc1. The summed E-state index contributed by atoms with van der Waals surface area (Å²) in [6.07, 6.45) is 4.06. The molecule has 0 heterocycles. The lowest BCUT2D eigenvalue weighted by atomic mass is 10.1. The molecule has 17 heavy (non-hydrogen) atoms. The Hall–Kier alpha value is -1.02. The molecule has 0 bridgehead atoms. The summed E-state index contributed by atoms with van der Waals surface area (Å²) in [5, 5.41) is 2.46. The van der Waals surface area contributed by atoms with Crippen LogP contribution in [0.4, 0.5) is 0 Å². The second kappa shape index (κ2) is 8.13. The van der Waals surface area contributed by atoms with Gasteiger partial charge in [0.15, 0.2) is 0 Å². The first-order chi connectivity index (χ1) is 8.24. The molecule has 0 saturated carbocycles. The third kappa shape index (κ3) is 5.73. The summed E-state index contributed by atoms with van der Waals surface area (Å²) >= 11 is 6.02. The minimum atomic E-state index is -0.398. The van der Waals surface area contributed by atoms with Gasteiger partial charge in [-0.2, -0.15) is 0 Å². The minimum Gasteiger partial charge on any atom is -0.351 e. The van der Waals surface area contributed by atoms with Gasteiger partial charge in [-0.1, -0.05) is 56.5 Å². The highest BCUT2D eigenvalue weighted by atomic mass is 35.5. The maximum absolute atomic E-state index is 11.7. The van der Waals surface area contributed by atoms with Crippen LogP contribution in [0.15, 0.2) is 30.3 Å². The van der Waals surface area contributed by atoms with Crippen molar-refractivity contribution in [3.63, 3.8) is 0 Å². The number of carbonyl (C=O) groups is 1. The maximum Gasteiger partial charge on any atom is 0.238 e. The van der Waals surface area contributed by atoms with Gasteiger partial charge < -0.3 is 5.32 Å². The summed E-state index contributed by atoms with van der Waals surface area (Å²) in [4.78, 5) is 11.7. The van der Waals surface area contributed by atoms with Gasteiger partial charge in [0.1, 0.15) is 5.38 Å². The Labute approximate surface area is 108 Å². The van der Waals surface area contributed by atoms with Gasteiger partial charge in [-0.05, 0) is 12.0 Å². The van der Waals surface area contributed by atoms with Crippen LogP contribution < -0.4 is 5.32 Å². The Morgan fingerprint density at radius 3 is 2.65 bits per heavy atom. The summed E-state index contributed by atoms with van der Waals surface area (Å²) in [6, 6.07) is 9.85. The van der Waals surface area contributed by atoms with Gasteiger partial charge in [0, 0.05) is 6.54 Å². The maximum atomic E-state index is 11.7. The number of carbonyl (C=O) groups excluding carboxylic acids is 1. The van der Waals surface area contributed by atoms with Gasteiger partial charge in [-0.25, -0.2) is 0 Å². The number of nitrogens with one attached hydrogen (secondary N) is 1. The summed E-state index contributed by atoms with van der Waals surface area (Å²) in [5.41, 5.74) is 1.10. The predicted molar refractivity (Wildman–Crippen MR) is 72.1 cm³/mol. The lowest BCUT2D eigenvalue weighted by Crippen LogP contribution is -2.30. The quantitative estimate of drug-likeness (QED) is 0.585. The molecular formula is C14H20ClNO. The molecule has 0 radical (unpaired) electrons. The van der Waals surface area contributed by atoms with Crippen molar-refractivity contribution < 1.29 is 4.79 Å². The standard InChI is InChI=1S/C14H20ClNO/c1-2-3-5-10-13(15)14(17)16-11-12-8-6-4-7-9-12/h4,6-9,13H,2-3,5,10-11H2,1H3,(H,16,17). The van der Waals surface area contributed by atoms with E-state index in [0.717, 1.165) is 31.2 Å². The zero-order valence-electron chi connectivity index (χ0n) is 10.3. The first-order valence-corrected chi connectivity index (χ1v) is 6.63. The Balaban J connectivity index is 2.24. The van der Waals surface area contributed by atoms with E-state index in [4.69, 9.17) is 11.6 Å². The zero-order chi connectivity index (χ0) is 12.5. The number of rotatable bonds is 7. The molecule has 0 fully saturated rings. The lowest BCUT2D eigenvalue weighted by molar-refractivity contribution is -0.121. The first kappa shape index (κ1) is 14.0. The van der Waals surface area contributed by atoms with Gasteiger partial charge in [-0.15, -0.1) is 11.6 Å². The smallest absolute Gasteiger partial charge is 0.238 e. The van der Waals surface area contributed by atoms with E-state index in [-0.39, 0.29) is 5.91 Å². The van der Waals surface area contributed by atoms with Crippen molar-refractivity contribution >= 4 is 17.5 Å². The van der Waals surface area contributed by atoms with Crippen LogP contribution in [0.5, 0.6) is 0 Å². The van der Waals surface area contributed by atoms with Crippen LogP contribution in [0, 0.1) is 0 Å². The van der Waals surface area contributed by atoms with E-state index in [1.54, 1.807) is 0 Å². The van der Waals surface area contributed by atoms with Crippen LogP contribution >= 0.6 is 11.6 Å². The molecule has 0 aromatic heterocycles. The minimum absolute atomic E-state index is 0.0633. The molecule has 0 aliphatic heterocycles. The molecule has 1 N–H and O–H groups in total. The molecule has 1 aromatic rings. The molecule has 3 heteroatoms. The second-order valence-electron chi connectivity index (χ2n) is 4.17. The Morgan fingerprint density at radius 2 is 2.00 bits per heavy atom. The normalized spacial score (nSPS) is 12.1. The molecule has 0 aliphatic carbocycles. The van der Waals surface area contributed by atoms with Crippen molar-refractivity contribution in [3.05, 3.63) is 35.9 Å². The second-order valence-corrected chi connectivity index (χ2v) is 4.69. The van der Waals surface area contributed by atoms with E-state index in [2.05, 4.69) is 12.2 Å². The fourth-order valence-electron chi connectivity index (χ4n) is 1.60. The van der Waals surface area contributed by atoms with Crippen LogP contribution in [0.2, 0.25) is 0 Å². The molecule has 1 rings (SSSR count). The lowest BCUT2D eigenvalue weighted by Gasteiger charge is -2.10. The summed E-state index contributed by atoms with van der Waals surface area (Å²) in [7, 11) is 0. The number of unbranched alkanes of at least 4 members (excludes halogenated alkanes) is 2. The zero-order valence-corrected chi connectivity index (χ0v) is 11.0. The molecule has 1 unspecified atom stereocenters. The molecule has 1 amide bonds. The number of hydrogen-bond donors (Lipinski definition) is 1. The molecule has 0 saturated heterocycles. The molecule has 0 spiro atoms.